The molecule has 0 aliphatic carbocycles. The van der Waals surface area contributed by atoms with Crippen LogP contribution in [0.3, 0.4) is 0 Å². The van der Waals surface area contributed by atoms with Crippen LogP contribution in [0.2, 0.25) is 0 Å². The summed E-state index contributed by atoms with van der Waals surface area (Å²) in [5.41, 5.74) is -0.133. The molecule has 0 aliphatic heterocycles. The van der Waals surface area contributed by atoms with Crippen LogP contribution in [-0.4, -0.2) is 23.2 Å². The van der Waals surface area contributed by atoms with Gasteiger partial charge in [0.2, 0.25) is 11.6 Å². The molecule has 0 fully saturated rings. The minimum atomic E-state index is -0.768. The fourth-order valence-corrected chi connectivity index (χ4v) is 4.90. The molecule has 0 saturated heterocycles. The fourth-order valence-electron chi connectivity index (χ4n) is 4.90. The fraction of sp³-hybridized carbons (Fsp3) is 0.0270. The Bertz CT molecular complexity index is 1910. The molecular weight excluding hydrogens is 554 g/mol. The number of fused-ring (bicyclic) bond motifs is 2. The first-order valence-electron chi connectivity index (χ1n) is 13.8. The van der Waals surface area contributed by atoms with E-state index in [1.54, 1.807) is 48.5 Å². The second-order valence-corrected chi connectivity index (χ2v) is 9.82. The van der Waals surface area contributed by atoms with Crippen LogP contribution in [0, 0.1) is 0 Å². The monoisotopic (exact) mass is 579 g/mol. The average molecular weight is 580 g/mol. The summed E-state index contributed by atoms with van der Waals surface area (Å²) >= 11 is 0. The number of ether oxygens (including phenoxy) is 2. The summed E-state index contributed by atoms with van der Waals surface area (Å²) in [7, 11) is 0. The minimum absolute atomic E-state index is 0.202. The molecule has 0 radical (unpaired) electrons. The number of Topliss-reactive ketones (excluding diaryl/α,β-unsaturated/α-hetero) is 2. The predicted molar refractivity (Wildman–Crippen MR) is 169 cm³/mol. The van der Waals surface area contributed by atoms with Gasteiger partial charge in [-0.3, -0.25) is 9.59 Å². The zero-order chi connectivity index (χ0) is 30.5. The van der Waals surface area contributed by atoms with Gasteiger partial charge in [0.15, 0.2) is 5.71 Å². The summed E-state index contributed by atoms with van der Waals surface area (Å²) in [6.45, 7) is 1.15. The first kappa shape index (κ1) is 28.1. The van der Waals surface area contributed by atoms with E-state index in [1.165, 1.54) is 0 Å². The van der Waals surface area contributed by atoms with Crippen molar-refractivity contribution in [1.82, 2.24) is 0 Å². The van der Waals surface area contributed by atoms with Crippen LogP contribution >= 0.6 is 0 Å². The number of hydrogen-bond acceptors (Lipinski definition) is 7. The van der Waals surface area contributed by atoms with Crippen molar-refractivity contribution in [2.24, 2.45) is 5.16 Å². The van der Waals surface area contributed by atoms with Crippen LogP contribution in [0.5, 0.6) is 23.0 Å². The van der Waals surface area contributed by atoms with E-state index >= 15 is 0 Å². The Morgan fingerprint density at radius 2 is 0.864 bits per heavy atom. The van der Waals surface area contributed by atoms with Gasteiger partial charge >= 0.3 is 5.97 Å². The van der Waals surface area contributed by atoms with Crippen molar-refractivity contribution in [3.63, 3.8) is 0 Å². The number of para-hydroxylation sites is 2. The van der Waals surface area contributed by atoms with Crippen LogP contribution < -0.4 is 9.47 Å². The maximum atomic E-state index is 14.1. The molecule has 214 valence electrons. The first-order valence-corrected chi connectivity index (χ1v) is 13.8. The Morgan fingerprint density at radius 1 is 0.477 bits per heavy atom. The Hall–Kier alpha value is -6.08. The van der Waals surface area contributed by atoms with Gasteiger partial charge in [-0.25, -0.2) is 4.79 Å². The topological polar surface area (TPSA) is 91.3 Å². The number of ketones is 2. The Labute approximate surface area is 252 Å². The van der Waals surface area contributed by atoms with Gasteiger partial charge in [0.25, 0.3) is 0 Å². The third-order valence-electron chi connectivity index (χ3n) is 6.90. The summed E-state index contributed by atoms with van der Waals surface area (Å²) in [5, 5.41) is 6.19. The highest BCUT2D eigenvalue weighted by molar-refractivity contribution is 6.73. The van der Waals surface area contributed by atoms with E-state index in [2.05, 4.69) is 5.16 Å². The second-order valence-electron chi connectivity index (χ2n) is 9.82. The highest BCUT2D eigenvalue weighted by atomic mass is 16.7. The summed E-state index contributed by atoms with van der Waals surface area (Å²) in [6.07, 6.45) is 0. The van der Waals surface area contributed by atoms with Crippen molar-refractivity contribution in [3.05, 3.63) is 145 Å². The molecule has 0 saturated carbocycles. The molecule has 0 N–H and O–H groups in total. The zero-order valence-corrected chi connectivity index (χ0v) is 23.6. The SMILES string of the molecule is CC(=O)ON=C(C(=O)c1ccc(Oc2ccccc2)c2ccccc12)C(=O)c1ccc(Oc2ccccc2)c2ccccc12. The van der Waals surface area contributed by atoms with Crippen molar-refractivity contribution in [1.29, 1.82) is 0 Å². The molecule has 7 heteroatoms. The number of rotatable bonds is 9. The van der Waals surface area contributed by atoms with Gasteiger partial charge in [0, 0.05) is 28.8 Å². The average Bonchev–Trinajstić information content (AvgIpc) is 3.06. The van der Waals surface area contributed by atoms with Gasteiger partial charge in [0.1, 0.15) is 23.0 Å². The zero-order valence-electron chi connectivity index (χ0n) is 23.6. The van der Waals surface area contributed by atoms with E-state index in [4.69, 9.17) is 14.3 Å². The molecule has 0 amide bonds. The van der Waals surface area contributed by atoms with Gasteiger partial charge in [0.05, 0.1) is 0 Å². The number of carbonyl (C=O) groups excluding carboxylic acids is 3. The molecule has 0 atom stereocenters. The molecule has 44 heavy (non-hydrogen) atoms. The molecule has 6 rings (SSSR count). The smallest absolute Gasteiger partial charge is 0.332 e. The van der Waals surface area contributed by atoms with Crippen molar-refractivity contribution in [3.8, 4) is 23.0 Å². The summed E-state index contributed by atoms with van der Waals surface area (Å²) in [5.74, 6) is 0.170. The molecule has 6 aromatic carbocycles. The largest absolute Gasteiger partial charge is 0.457 e. The summed E-state index contributed by atoms with van der Waals surface area (Å²) in [4.78, 5) is 44.8. The lowest BCUT2D eigenvalue weighted by Gasteiger charge is -2.14. The molecule has 6 aromatic rings. The van der Waals surface area contributed by atoms with Gasteiger partial charge in [-0.1, -0.05) is 90.1 Å². The molecule has 0 unspecified atom stereocenters. The number of nitrogens with zero attached hydrogens (tertiary/aromatic N) is 1. The van der Waals surface area contributed by atoms with Crippen molar-refractivity contribution in [2.45, 2.75) is 6.92 Å². The van der Waals surface area contributed by atoms with Crippen LogP contribution in [-0.2, 0) is 9.63 Å². The molecule has 0 spiro atoms. The van der Waals surface area contributed by atoms with Crippen LogP contribution in [0.4, 0.5) is 0 Å². The lowest BCUT2D eigenvalue weighted by molar-refractivity contribution is -0.140. The molecule has 0 aliphatic rings. The number of benzene rings is 6. The molecule has 0 heterocycles. The van der Waals surface area contributed by atoms with Crippen molar-refractivity contribution < 1.29 is 28.7 Å². The number of carbonyl (C=O) groups is 3. The maximum Gasteiger partial charge on any atom is 0.332 e. The lowest BCUT2D eigenvalue weighted by Crippen LogP contribution is -2.26. The number of oxime groups is 1. The van der Waals surface area contributed by atoms with E-state index in [9.17, 15) is 14.4 Å². The Morgan fingerprint density at radius 3 is 1.27 bits per heavy atom. The molecular formula is C37H25NO6. The lowest BCUT2D eigenvalue weighted by atomic mass is 9.92. The quantitative estimate of drug-likeness (QED) is 0.0560. The van der Waals surface area contributed by atoms with Crippen LogP contribution in [0.25, 0.3) is 21.5 Å². The van der Waals surface area contributed by atoms with Gasteiger partial charge in [-0.2, -0.15) is 0 Å². The van der Waals surface area contributed by atoms with E-state index in [0.29, 0.717) is 44.5 Å². The predicted octanol–water partition coefficient (Wildman–Crippen LogP) is 8.56. The third kappa shape index (κ3) is 5.80. The molecule has 7 nitrogen and oxygen atoms in total. The first-order chi connectivity index (χ1) is 21.5. The van der Waals surface area contributed by atoms with E-state index < -0.39 is 23.2 Å². The van der Waals surface area contributed by atoms with E-state index in [1.807, 2.05) is 84.9 Å². The molecule has 0 aromatic heterocycles. The van der Waals surface area contributed by atoms with Crippen LogP contribution in [0.15, 0.2) is 139 Å². The highest BCUT2D eigenvalue weighted by Gasteiger charge is 2.28. The van der Waals surface area contributed by atoms with Crippen molar-refractivity contribution >= 4 is 44.8 Å². The van der Waals surface area contributed by atoms with Gasteiger partial charge < -0.3 is 14.3 Å². The van der Waals surface area contributed by atoms with Gasteiger partial charge in [-0.05, 0) is 59.3 Å². The van der Waals surface area contributed by atoms with E-state index in [-0.39, 0.29) is 11.1 Å². The van der Waals surface area contributed by atoms with Crippen molar-refractivity contribution in [2.75, 3.05) is 0 Å². The summed E-state index contributed by atoms with van der Waals surface area (Å²) < 4.78 is 12.2. The maximum absolute atomic E-state index is 14.1. The summed E-state index contributed by atoms with van der Waals surface area (Å²) in [6, 6.07) is 39.5. The Kier molecular flexibility index (Phi) is 7.92. The standard InChI is InChI=1S/C37H25NO6/c1-24(39)44-38-35(36(40)31-20-22-33(29-18-10-8-16-27(29)31)42-25-12-4-2-5-13-25)37(41)32-21-23-34(30-19-11-9-17-28(30)32)43-26-14-6-3-7-15-26/h2-23H,1H3. The minimum Gasteiger partial charge on any atom is -0.457 e. The normalized spacial score (nSPS) is 10.7. The molecule has 0 bridgehead atoms. The second kappa shape index (κ2) is 12.4. The van der Waals surface area contributed by atoms with Gasteiger partial charge in [-0.15, -0.1) is 0 Å². The van der Waals surface area contributed by atoms with Crippen LogP contribution in [0.1, 0.15) is 27.6 Å². The van der Waals surface area contributed by atoms with E-state index in [0.717, 1.165) is 6.92 Å². The third-order valence-corrected chi connectivity index (χ3v) is 6.90. The number of hydrogen-bond donors (Lipinski definition) is 0. The Balaban J connectivity index is 1.42. The highest BCUT2D eigenvalue weighted by Crippen LogP contribution is 2.34.